The predicted molar refractivity (Wildman–Crippen MR) is 100 cm³/mol. The lowest BCUT2D eigenvalue weighted by Gasteiger charge is -2.26. The van der Waals surface area contributed by atoms with E-state index in [9.17, 15) is 9.59 Å². The van der Waals surface area contributed by atoms with Crippen molar-refractivity contribution in [2.24, 2.45) is 0 Å². The van der Waals surface area contributed by atoms with Crippen molar-refractivity contribution in [2.75, 3.05) is 13.1 Å². The number of amides is 2. The van der Waals surface area contributed by atoms with Crippen LogP contribution in [0.15, 0.2) is 23.1 Å². The second-order valence-electron chi connectivity index (χ2n) is 7.42. The first-order valence-electron chi connectivity index (χ1n) is 9.80. The van der Waals surface area contributed by atoms with Crippen molar-refractivity contribution < 1.29 is 4.79 Å². The fourth-order valence-electron chi connectivity index (χ4n) is 4.39. The van der Waals surface area contributed by atoms with Gasteiger partial charge >= 0.3 is 11.7 Å². The molecule has 1 aliphatic heterocycles. The summed E-state index contributed by atoms with van der Waals surface area (Å²) in [6.45, 7) is 3.84. The van der Waals surface area contributed by atoms with E-state index in [4.69, 9.17) is 0 Å². The maximum atomic E-state index is 12.9. The van der Waals surface area contributed by atoms with Crippen LogP contribution in [-0.4, -0.2) is 44.2 Å². The lowest BCUT2D eigenvalue weighted by molar-refractivity contribution is 0.199. The van der Waals surface area contributed by atoms with E-state index in [-0.39, 0.29) is 17.8 Å². The summed E-state index contributed by atoms with van der Waals surface area (Å²) < 4.78 is 3.54. The Labute approximate surface area is 153 Å². The van der Waals surface area contributed by atoms with Crippen LogP contribution in [0.5, 0.6) is 0 Å². The Morgan fingerprint density at radius 1 is 1.27 bits per heavy atom. The van der Waals surface area contributed by atoms with Crippen molar-refractivity contribution in [3.05, 3.63) is 28.8 Å². The number of carbonyl (C=O) groups excluding carboxylic acids is 1. The Morgan fingerprint density at radius 2 is 2.08 bits per heavy atom. The number of likely N-dealkylation sites (tertiary alicyclic amines) is 1. The van der Waals surface area contributed by atoms with Gasteiger partial charge in [-0.05, 0) is 38.3 Å². The van der Waals surface area contributed by atoms with Crippen molar-refractivity contribution in [3.63, 3.8) is 0 Å². The molecule has 1 N–H and O–H groups in total. The Kier molecular flexibility index (Phi) is 4.70. The number of aryl methyl sites for hydroxylation is 1. The maximum absolute atomic E-state index is 12.9. The number of pyridine rings is 1. The van der Waals surface area contributed by atoms with Gasteiger partial charge in [0.25, 0.3) is 0 Å². The number of imidazole rings is 1. The summed E-state index contributed by atoms with van der Waals surface area (Å²) in [5.74, 6) is 0. The largest absolute Gasteiger partial charge is 0.335 e. The van der Waals surface area contributed by atoms with E-state index in [1.54, 1.807) is 15.3 Å². The van der Waals surface area contributed by atoms with Crippen LogP contribution < -0.4 is 11.0 Å². The Hall–Kier alpha value is -2.31. The Balaban J connectivity index is 1.52. The van der Waals surface area contributed by atoms with E-state index >= 15 is 0 Å². The molecule has 0 bridgehead atoms. The molecule has 7 nitrogen and oxygen atoms in total. The van der Waals surface area contributed by atoms with Crippen LogP contribution >= 0.6 is 0 Å². The van der Waals surface area contributed by atoms with Gasteiger partial charge in [0, 0.05) is 31.9 Å². The minimum absolute atomic E-state index is 0.00944. The third kappa shape index (κ3) is 2.99. The monoisotopic (exact) mass is 357 g/mol. The Morgan fingerprint density at radius 3 is 2.85 bits per heavy atom. The van der Waals surface area contributed by atoms with Gasteiger partial charge in [0.2, 0.25) is 0 Å². The van der Waals surface area contributed by atoms with E-state index in [1.807, 2.05) is 24.0 Å². The van der Waals surface area contributed by atoms with Crippen molar-refractivity contribution in [1.82, 2.24) is 24.3 Å². The van der Waals surface area contributed by atoms with Crippen LogP contribution in [0.3, 0.4) is 0 Å². The lowest BCUT2D eigenvalue weighted by Crippen LogP contribution is -2.44. The highest BCUT2D eigenvalue weighted by Gasteiger charge is 2.31. The summed E-state index contributed by atoms with van der Waals surface area (Å²) in [7, 11) is 0. The normalized spacial score (nSPS) is 21.4. The molecule has 1 atom stereocenters. The zero-order valence-corrected chi connectivity index (χ0v) is 15.4. The number of hydrogen-bond donors (Lipinski definition) is 1. The highest BCUT2D eigenvalue weighted by Crippen LogP contribution is 2.25. The number of hydrogen-bond acceptors (Lipinski definition) is 3. The average Bonchev–Trinajstić information content (AvgIpc) is 3.24. The van der Waals surface area contributed by atoms with E-state index in [2.05, 4.69) is 10.3 Å². The van der Waals surface area contributed by atoms with Gasteiger partial charge in [0.1, 0.15) is 0 Å². The van der Waals surface area contributed by atoms with Crippen LogP contribution in [0.4, 0.5) is 4.79 Å². The second-order valence-corrected chi connectivity index (χ2v) is 7.42. The SMILES string of the molecule is CCn1c(=O)n([C@@H]2CCN(C(=O)NC3CCCCC3)C2)c2ncccc21. The quantitative estimate of drug-likeness (QED) is 0.917. The van der Waals surface area contributed by atoms with Crippen LogP contribution in [0.25, 0.3) is 11.2 Å². The molecule has 140 valence electrons. The highest BCUT2D eigenvalue weighted by atomic mass is 16.2. The van der Waals surface area contributed by atoms with E-state index in [0.717, 1.165) is 30.4 Å². The molecule has 2 aliphatic rings. The van der Waals surface area contributed by atoms with Crippen LogP contribution in [0.1, 0.15) is 51.5 Å². The molecule has 2 aromatic heterocycles. The van der Waals surface area contributed by atoms with Crippen molar-refractivity contribution >= 4 is 17.2 Å². The molecule has 0 aromatic carbocycles. The molecule has 4 rings (SSSR count). The summed E-state index contributed by atoms with van der Waals surface area (Å²) in [6.07, 6.45) is 8.34. The third-order valence-electron chi connectivity index (χ3n) is 5.79. The molecule has 3 heterocycles. The first kappa shape index (κ1) is 17.1. The van der Waals surface area contributed by atoms with Gasteiger partial charge in [-0.25, -0.2) is 14.6 Å². The second kappa shape index (κ2) is 7.13. The number of carbonyl (C=O) groups is 1. The number of aromatic nitrogens is 3. The predicted octanol–water partition coefficient (Wildman–Crippen LogP) is 2.51. The maximum Gasteiger partial charge on any atom is 0.330 e. The van der Waals surface area contributed by atoms with Gasteiger partial charge in [-0.1, -0.05) is 19.3 Å². The van der Waals surface area contributed by atoms with Gasteiger partial charge in [-0.2, -0.15) is 0 Å². The van der Waals surface area contributed by atoms with Gasteiger partial charge < -0.3 is 10.2 Å². The van der Waals surface area contributed by atoms with Crippen molar-refractivity contribution in [2.45, 2.75) is 64.1 Å². The van der Waals surface area contributed by atoms with Crippen LogP contribution in [0.2, 0.25) is 0 Å². The summed E-state index contributed by atoms with van der Waals surface area (Å²) >= 11 is 0. The highest BCUT2D eigenvalue weighted by molar-refractivity contribution is 5.75. The van der Waals surface area contributed by atoms with Gasteiger partial charge in [-0.3, -0.25) is 9.13 Å². The van der Waals surface area contributed by atoms with Crippen LogP contribution in [0, 0.1) is 0 Å². The third-order valence-corrected chi connectivity index (χ3v) is 5.79. The van der Waals surface area contributed by atoms with Crippen molar-refractivity contribution in [3.8, 4) is 0 Å². The standard InChI is InChI=1S/C19H27N5O2/c1-2-23-16-9-6-11-20-17(16)24(19(23)26)15-10-12-22(13-15)18(25)21-14-7-4-3-5-8-14/h6,9,11,14-15H,2-5,7-8,10,12-13H2,1H3,(H,21,25)/t15-/m1/s1. The molecular formula is C19H27N5O2. The first-order chi connectivity index (χ1) is 12.7. The molecule has 1 saturated carbocycles. The minimum Gasteiger partial charge on any atom is -0.335 e. The van der Waals surface area contributed by atoms with E-state index in [1.165, 1.54) is 19.3 Å². The zero-order chi connectivity index (χ0) is 18.1. The fraction of sp³-hybridized carbons (Fsp3) is 0.632. The molecule has 7 heteroatoms. The minimum atomic E-state index is -0.0271. The van der Waals surface area contributed by atoms with E-state index in [0.29, 0.717) is 25.7 Å². The summed E-state index contributed by atoms with van der Waals surface area (Å²) in [5, 5.41) is 3.18. The molecule has 0 radical (unpaired) electrons. The van der Waals surface area contributed by atoms with Crippen molar-refractivity contribution in [1.29, 1.82) is 0 Å². The van der Waals surface area contributed by atoms with Gasteiger partial charge in [-0.15, -0.1) is 0 Å². The molecule has 1 aliphatic carbocycles. The first-order valence-corrected chi connectivity index (χ1v) is 9.80. The molecular weight excluding hydrogens is 330 g/mol. The summed E-state index contributed by atoms with van der Waals surface area (Å²) in [5.41, 5.74) is 1.56. The molecule has 1 saturated heterocycles. The number of rotatable bonds is 3. The zero-order valence-electron chi connectivity index (χ0n) is 15.4. The molecule has 26 heavy (non-hydrogen) atoms. The van der Waals surface area contributed by atoms with Gasteiger partial charge in [0.15, 0.2) is 5.65 Å². The number of nitrogens with one attached hydrogen (secondary N) is 1. The smallest absolute Gasteiger partial charge is 0.330 e. The fourth-order valence-corrected chi connectivity index (χ4v) is 4.39. The van der Waals surface area contributed by atoms with E-state index < -0.39 is 0 Å². The number of fused-ring (bicyclic) bond motifs is 1. The topological polar surface area (TPSA) is 72.2 Å². The summed E-state index contributed by atoms with van der Waals surface area (Å²) in [4.78, 5) is 31.8. The number of nitrogens with zero attached hydrogens (tertiary/aromatic N) is 4. The van der Waals surface area contributed by atoms with Crippen LogP contribution in [-0.2, 0) is 6.54 Å². The lowest BCUT2D eigenvalue weighted by atomic mass is 9.96. The Bertz CT molecular complexity index is 849. The number of urea groups is 1. The molecule has 2 aromatic rings. The van der Waals surface area contributed by atoms with Gasteiger partial charge in [0.05, 0.1) is 11.6 Å². The molecule has 0 unspecified atom stereocenters. The average molecular weight is 357 g/mol. The molecule has 2 amide bonds. The molecule has 0 spiro atoms. The summed E-state index contributed by atoms with van der Waals surface area (Å²) in [6, 6.07) is 4.11. The molecule has 2 fully saturated rings.